The van der Waals surface area contributed by atoms with Crippen molar-refractivity contribution in [3.05, 3.63) is 39.2 Å². The highest BCUT2D eigenvalue weighted by Crippen LogP contribution is 2.40. The number of halogens is 2. The van der Waals surface area contributed by atoms with Crippen LogP contribution in [0.3, 0.4) is 0 Å². The number of thiophene rings is 1. The maximum atomic E-state index is 11.2. The summed E-state index contributed by atoms with van der Waals surface area (Å²) in [4.78, 5) is 13.7. The molecule has 3 rings (SSSR count). The van der Waals surface area contributed by atoms with Gasteiger partial charge in [0.1, 0.15) is 5.75 Å². The van der Waals surface area contributed by atoms with Gasteiger partial charge in [0.2, 0.25) is 0 Å². The fourth-order valence-electron chi connectivity index (χ4n) is 3.08. The predicted molar refractivity (Wildman–Crippen MR) is 121 cm³/mol. The molecule has 1 unspecified atom stereocenters. The van der Waals surface area contributed by atoms with E-state index in [4.69, 9.17) is 35.4 Å². The van der Waals surface area contributed by atoms with E-state index >= 15 is 0 Å². The monoisotopic (exact) mass is 471 g/mol. The average molecular weight is 472 g/mol. The molecular formula is C19H19Cl2N3O3S2. The summed E-state index contributed by atoms with van der Waals surface area (Å²) in [6.07, 6.45) is 1.41. The Morgan fingerprint density at radius 2 is 2.14 bits per heavy atom. The Kier molecular flexibility index (Phi) is 7.00. The molecule has 2 heterocycles. The van der Waals surface area contributed by atoms with Gasteiger partial charge in [-0.15, -0.1) is 11.3 Å². The number of likely N-dealkylation sites (tertiary alicyclic amines) is 1. The second kappa shape index (κ2) is 9.30. The van der Waals surface area contributed by atoms with Gasteiger partial charge in [-0.05, 0) is 49.7 Å². The Morgan fingerprint density at radius 3 is 2.83 bits per heavy atom. The Labute approximate surface area is 187 Å². The average Bonchev–Trinajstić information content (AvgIpc) is 3.09. The van der Waals surface area contributed by atoms with Gasteiger partial charge in [-0.3, -0.25) is 10.2 Å². The fraction of sp³-hybridized carbons (Fsp3) is 0.316. The molecule has 0 bridgehead atoms. The molecule has 1 aliphatic heterocycles. The molecule has 0 spiro atoms. The van der Waals surface area contributed by atoms with Gasteiger partial charge >= 0.3 is 5.97 Å². The highest BCUT2D eigenvalue weighted by Gasteiger charge is 2.26. The lowest BCUT2D eigenvalue weighted by Gasteiger charge is -2.32. The minimum atomic E-state index is -0.810. The van der Waals surface area contributed by atoms with Crippen LogP contribution in [0.15, 0.2) is 28.7 Å². The Morgan fingerprint density at radius 1 is 1.38 bits per heavy atom. The molecule has 0 amide bonds. The van der Waals surface area contributed by atoms with Crippen molar-refractivity contribution in [3.8, 4) is 16.2 Å². The third kappa shape index (κ3) is 5.01. The number of nitrogens with one attached hydrogen (secondary N) is 1. The normalized spacial score (nSPS) is 17.3. The molecule has 10 heteroatoms. The van der Waals surface area contributed by atoms with Gasteiger partial charge in [0, 0.05) is 18.5 Å². The van der Waals surface area contributed by atoms with Crippen LogP contribution in [-0.2, 0) is 4.79 Å². The zero-order valence-electron chi connectivity index (χ0n) is 15.5. The summed E-state index contributed by atoms with van der Waals surface area (Å²) in [5.74, 6) is -1.13. The fourth-order valence-corrected chi connectivity index (χ4v) is 4.59. The molecule has 1 aromatic heterocycles. The van der Waals surface area contributed by atoms with E-state index in [1.165, 1.54) is 11.3 Å². The van der Waals surface area contributed by atoms with Gasteiger partial charge in [0.05, 0.1) is 32.1 Å². The lowest BCUT2D eigenvalue weighted by atomic mass is 9.99. The third-order valence-electron chi connectivity index (χ3n) is 4.71. The number of carboxylic acid groups (broad SMARTS) is 1. The summed E-state index contributed by atoms with van der Waals surface area (Å²) in [6, 6.07) is 5.18. The van der Waals surface area contributed by atoms with E-state index in [0.717, 1.165) is 12.0 Å². The summed E-state index contributed by atoms with van der Waals surface area (Å²) in [5.41, 5.74) is 4.70. The van der Waals surface area contributed by atoms with E-state index in [-0.39, 0.29) is 5.75 Å². The maximum Gasteiger partial charge on any atom is 0.308 e. The number of aromatic hydroxyl groups is 1. The van der Waals surface area contributed by atoms with Crippen molar-refractivity contribution in [2.75, 3.05) is 13.1 Å². The van der Waals surface area contributed by atoms with Crippen LogP contribution in [-0.4, -0.2) is 45.0 Å². The first-order valence-corrected chi connectivity index (χ1v) is 10.9. The van der Waals surface area contributed by atoms with Crippen molar-refractivity contribution in [1.29, 1.82) is 0 Å². The van der Waals surface area contributed by atoms with E-state index < -0.39 is 11.9 Å². The Balaban J connectivity index is 1.72. The number of benzene rings is 1. The van der Waals surface area contributed by atoms with Gasteiger partial charge in [0.25, 0.3) is 0 Å². The van der Waals surface area contributed by atoms with Crippen LogP contribution in [0.1, 0.15) is 25.3 Å². The molecule has 154 valence electrons. The van der Waals surface area contributed by atoms with E-state index in [2.05, 4.69) is 10.5 Å². The Bertz CT molecular complexity index is 978. The van der Waals surface area contributed by atoms with Crippen molar-refractivity contribution in [2.45, 2.75) is 19.8 Å². The molecule has 1 aromatic carbocycles. The third-order valence-corrected chi connectivity index (χ3v) is 6.82. The number of carboxylic acids is 1. The quantitative estimate of drug-likeness (QED) is 0.336. The first-order chi connectivity index (χ1) is 13.8. The second-order valence-electron chi connectivity index (χ2n) is 6.69. The van der Waals surface area contributed by atoms with Crippen molar-refractivity contribution in [3.63, 3.8) is 0 Å². The van der Waals surface area contributed by atoms with Crippen LogP contribution in [0.5, 0.6) is 5.75 Å². The number of rotatable bonds is 4. The summed E-state index contributed by atoms with van der Waals surface area (Å²) in [6.45, 7) is 2.81. The molecule has 1 atom stereocenters. The number of hydrogen-bond acceptors (Lipinski definition) is 5. The largest absolute Gasteiger partial charge is 0.506 e. The number of carbonyl (C=O) groups is 1. The van der Waals surface area contributed by atoms with Crippen LogP contribution < -0.4 is 5.43 Å². The van der Waals surface area contributed by atoms with Crippen molar-refractivity contribution in [1.82, 2.24) is 10.3 Å². The summed E-state index contributed by atoms with van der Waals surface area (Å²) < 4.78 is 0. The molecule has 3 N–H and O–H groups in total. The topological polar surface area (TPSA) is 85.2 Å². The summed E-state index contributed by atoms with van der Waals surface area (Å²) >= 11 is 18.8. The molecule has 1 aliphatic rings. The van der Waals surface area contributed by atoms with E-state index in [1.807, 2.05) is 4.90 Å². The molecule has 0 saturated carbocycles. The van der Waals surface area contributed by atoms with Gasteiger partial charge in [-0.2, -0.15) is 5.10 Å². The van der Waals surface area contributed by atoms with Crippen LogP contribution >= 0.6 is 46.8 Å². The number of piperidine rings is 1. The van der Waals surface area contributed by atoms with Crippen molar-refractivity contribution < 1.29 is 15.0 Å². The molecule has 0 aliphatic carbocycles. The smallest absolute Gasteiger partial charge is 0.308 e. The van der Waals surface area contributed by atoms with E-state index in [0.29, 0.717) is 50.8 Å². The summed E-state index contributed by atoms with van der Waals surface area (Å²) in [7, 11) is 0. The maximum absolute atomic E-state index is 11.2. The summed E-state index contributed by atoms with van der Waals surface area (Å²) in [5, 5.41) is 27.2. The van der Waals surface area contributed by atoms with Crippen LogP contribution in [0.4, 0.5) is 0 Å². The number of aliphatic carboxylic acids is 1. The SMILES string of the molecule is C/C(=N/NC(=S)N1CCCC(C(=O)O)C1)c1csc(-c2ccc(Cl)c(Cl)c2)c1O. The highest BCUT2D eigenvalue weighted by atomic mass is 35.5. The standard InChI is InChI=1S/C19H19Cl2N3O3S2/c1-10(22-23-19(28)24-6-2-3-12(8-24)18(26)27)13-9-29-17(16(13)25)11-4-5-14(20)15(21)7-11/h4-5,7,9,12,25H,2-3,6,8H2,1H3,(H,23,28)(H,26,27)/b22-10-. The number of hydrogen-bond donors (Lipinski definition) is 3. The zero-order chi connectivity index (χ0) is 21.1. The lowest BCUT2D eigenvalue weighted by Crippen LogP contribution is -2.45. The number of thiocarbonyl (C=S) groups is 1. The van der Waals surface area contributed by atoms with Crippen LogP contribution in [0.25, 0.3) is 10.4 Å². The van der Waals surface area contributed by atoms with Crippen molar-refractivity contribution in [2.24, 2.45) is 11.0 Å². The first kappa shape index (κ1) is 21.8. The molecule has 1 fully saturated rings. The molecule has 0 radical (unpaired) electrons. The molecule has 2 aromatic rings. The van der Waals surface area contributed by atoms with Crippen LogP contribution in [0, 0.1) is 5.92 Å². The predicted octanol–water partition coefficient (Wildman–Crippen LogP) is 4.82. The van der Waals surface area contributed by atoms with Crippen molar-refractivity contribution >= 4 is 63.5 Å². The minimum Gasteiger partial charge on any atom is -0.506 e. The molecule has 1 saturated heterocycles. The minimum absolute atomic E-state index is 0.103. The van der Waals surface area contributed by atoms with Gasteiger partial charge in [0.15, 0.2) is 5.11 Å². The second-order valence-corrected chi connectivity index (χ2v) is 8.77. The van der Waals surface area contributed by atoms with Crippen LogP contribution in [0.2, 0.25) is 10.0 Å². The van der Waals surface area contributed by atoms with E-state index in [1.54, 1.807) is 30.5 Å². The first-order valence-electron chi connectivity index (χ1n) is 8.86. The zero-order valence-corrected chi connectivity index (χ0v) is 18.6. The molecular weight excluding hydrogens is 453 g/mol. The van der Waals surface area contributed by atoms with E-state index in [9.17, 15) is 15.0 Å². The molecule has 6 nitrogen and oxygen atoms in total. The van der Waals surface area contributed by atoms with Gasteiger partial charge < -0.3 is 15.1 Å². The molecule has 29 heavy (non-hydrogen) atoms. The number of hydrazone groups is 1. The van der Waals surface area contributed by atoms with Gasteiger partial charge in [-0.1, -0.05) is 29.3 Å². The van der Waals surface area contributed by atoms with Gasteiger partial charge in [-0.25, -0.2) is 0 Å². The Hall–Kier alpha value is -1.87. The lowest BCUT2D eigenvalue weighted by molar-refractivity contribution is -0.143. The number of nitrogens with zero attached hydrogens (tertiary/aromatic N) is 2. The highest BCUT2D eigenvalue weighted by molar-refractivity contribution is 7.80.